The van der Waals surface area contributed by atoms with Gasteiger partial charge in [-0.3, -0.25) is 4.79 Å². The Morgan fingerprint density at radius 3 is 2.27 bits per heavy atom. The maximum Gasteiger partial charge on any atom is 0.277 e. The Labute approximate surface area is 160 Å². The number of rotatable bonds is 6. The predicted molar refractivity (Wildman–Crippen MR) is 107 cm³/mol. The minimum Gasteiger partial charge on any atom is -0.484 e. The van der Waals surface area contributed by atoms with E-state index in [1.54, 1.807) is 0 Å². The largest absolute Gasteiger partial charge is 0.484 e. The van der Waals surface area contributed by atoms with Crippen molar-refractivity contribution in [3.63, 3.8) is 0 Å². The number of aryl methyl sites for hydroxylation is 2. The van der Waals surface area contributed by atoms with Gasteiger partial charge in [0.25, 0.3) is 5.91 Å². The average molecular weight is 373 g/mol. The van der Waals surface area contributed by atoms with Crippen LogP contribution in [0.5, 0.6) is 5.75 Å². The summed E-state index contributed by atoms with van der Waals surface area (Å²) in [5, 5.41) is 4.86. The monoisotopic (exact) mass is 372 g/mol. The first kappa shape index (κ1) is 20.0. The molecule has 0 radical (unpaired) electrons. The van der Waals surface area contributed by atoms with Crippen LogP contribution in [0.3, 0.4) is 0 Å². The van der Waals surface area contributed by atoms with Crippen molar-refractivity contribution < 1.29 is 9.53 Å². The van der Waals surface area contributed by atoms with Crippen molar-refractivity contribution in [3.8, 4) is 5.75 Å². The second-order valence-corrected chi connectivity index (χ2v) is 7.05. The zero-order chi connectivity index (χ0) is 19.3. The molecule has 0 spiro atoms. The van der Waals surface area contributed by atoms with Gasteiger partial charge in [-0.1, -0.05) is 49.7 Å². The average Bonchev–Trinajstić information content (AvgIpc) is 2.62. The molecule has 2 aromatic carbocycles. The summed E-state index contributed by atoms with van der Waals surface area (Å²) in [4.78, 5) is 12.0. The molecule has 1 amide bonds. The number of ether oxygens (including phenoxy) is 1. The highest BCUT2D eigenvalue weighted by atomic mass is 35.5. The van der Waals surface area contributed by atoms with Gasteiger partial charge in [0.05, 0.1) is 5.71 Å². The van der Waals surface area contributed by atoms with Gasteiger partial charge in [0.2, 0.25) is 0 Å². The molecule has 0 heterocycles. The number of hydrogen-bond donors (Lipinski definition) is 1. The molecule has 0 atom stereocenters. The number of hydrogen-bond acceptors (Lipinski definition) is 3. The summed E-state index contributed by atoms with van der Waals surface area (Å²) in [5.74, 6) is 0.788. The Kier molecular flexibility index (Phi) is 6.81. The minimum atomic E-state index is -0.312. The van der Waals surface area contributed by atoms with Crippen molar-refractivity contribution in [1.82, 2.24) is 5.43 Å². The van der Waals surface area contributed by atoms with E-state index in [1.165, 1.54) is 5.56 Å². The molecule has 0 aromatic heterocycles. The Hall–Kier alpha value is -2.33. The quantitative estimate of drug-likeness (QED) is 0.573. The lowest BCUT2D eigenvalue weighted by Gasteiger charge is -2.10. The summed E-state index contributed by atoms with van der Waals surface area (Å²) in [6.45, 7) is 9.86. The van der Waals surface area contributed by atoms with Gasteiger partial charge < -0.3 is 4.74 Å². The number of benzene rings is 2. The number of carbonyl (C=O) groups excluding carboxylic acids is 1. The topological polar surface area (TPSA) is 50.7 Å². The van der Waals surface area contributed by atoms with Gasteiger partial charge in [-0.15, -0.1) is 0 Å². The van der Waals surface area contributed by atoms with Crippen LogP contribution in [-0.4, -0.2) is 18.2 Å². The molecule has 0 saturated carbocycles. The first-order chi connectivity index (χ1) is 12.3. The second kappa shape index (κ2) is 8.86. The van der Waals surface area contributed by atoms with Crippen LogP contribution in [0.25, 0.3) is 0 Å². The lowest BCUT2D eigenvalue weighted by molar-refractivity contribution is -0.123. The molecule has 2 rings (SSSR count). The molecule has 0 aliphatic rings. The summed E-state index contributed by atoms with van der Waals surface area (Å²) in [5.41, 5.74) is 7.35. The summed E-state index contributed by atoms with van der Waals surface area (Å²) in [6.07, 6.45) is 0. The zero-order valence-corrected chi connectivity index (χ0v) is 16.6. The number of carbonyl (C=O) groups is 1. The zero-order valence-electron chi connectivity index (χ0n) is 15.9. The smallest absolute Gasteiger partial charge is 0.277 e. The van der Waals surface area contributed by atoms with Gasteiger partial charge in [-0.05, 0) is 61.1 Å². The molecule has 1 N–H and O–H groups in total. The van der Waals surface area contributed by atoms with Crippen molar-refractivity contribution >= 4 is 23.2 Å². The summed E-state index contributed by atoms with van der Waals surface area (Å²) in [7, 11) is 0. The van der Waals surface area contributed by atoms with E-state index in [2.05, 4.69) is 36.5 Å². The maximum absolute atomic E-state index is 12.0. The highest BCUT2D eigenvalue weighted by molar-refractivity contribution is 6.32. The van der Waals surface area contributed by atoms with E-state index < -0.39 is 0 Å². The molecule has 26 heavy (non-hydrogen) atoms. The number of amides is 1. The molecule has 4 nitrogen and oxygen atoms in total. The van der Waals surface area contributed by atoms with Crippen LogP contribution in [0, 0.1) is 13.8 Å². The van der Waals surface area contributed by atoms with E-state index in [9.17, 15) is 4.79 Å². The first-order valence-electron chi connectivity index (χ1n) is 8.61. The maximum atomic E-state index is 12.0. The van der Waals surface area contributed by atoms with Crippen LogP contribution < -0.4 is 10.2 Å². The molecule has 0 aliphatic carbocycles. The van der Waals surface area contributed by atoms with Gasteiger partial charge in [0.1, 0.15) is 5.75 Å². The fraction of sp³-hybridized carbons (Fsp3) is 0.333. The van der Waals surface area contributed by atoms with Crippen molar-refractivity contribution in [2.45, 2.75) is 40.5 Å². The highest BCUT2D eigenvalue weighted by Gasteiger charge is 2.07. The number of hydrazone groups is 1. The Bertz CT molecular complexity index is 788. The second-order valence-electron chi connectivity index (χ2n) is 6.67. The van der Waals surface area contributed by atoms with Crippen LogP contribution >= 0.6 is 11.6 Å². The first-order valence-corrected chi connectivity index (χ1v) is 8.98. The molecule has 0 unspecified atom stereocenters. The molecule has 2 aromatic rings. The van der Waals surface area contributed by atoms with Gasteiger partial charge in [-0.25, -0.2) is 5.43 Å². The van der Waals surface area contributed by atoms with Gasteiger partial charge in [0, 0.05) is 5.02 Å². The fourth-order valence-electron chi connectivity index (χ4n) is 2.49. The van der Waals surface area contributed by atoms with E-state index in [1.807, 2.05) is 45.0 Å². The third-order valence-electron chi connectivity index (χ3n) is 4.12. The Morgan fingerprint density at radius 2 is 1.73 bits per heavy atom. The molecule has 5 heteroatoms. The minimum absolute atomic E-state index is 0.108. The van der Waals surface area contributed by atoms with E-state index in [0.717, 1.165) is 22.4 Å². The molecular formula is C21H25ClN2O2. The van der Waals surface area contributed by atoms with Gasteiger partial charge in [0.15, 0.2) is 6.61 Å². The van der Waals surface area contributed by atoms with E-state index >= 15 is 0 Å². The van der Waals surface area contributed by atoms with E-state index in [4.69, 9.17) is 16.3 Å². The predicted octanol–water partition coefficient (Wildman–Crippen LogP) is 5.00. The van der Waals surface area contributed by atoms with Crippen LogP contribution in [-0.2, 0) is 4.79 Å². The fourth-order valence-corrected chi connectivity index (χ4v) is 2.60. The van der Waals surface area contributed by atoms with E-state index in [0.29, 0.717) is 16.7 Å². The standard InChI is InChI=1S/C21H25ClN2O2/c1-13(2)17-6-8-18(9-7-17)16(5)23-24-20(25)12-26-19-10-14(3)21(22)15(4)11-19/h6-11,13H,12H2,1-5H3,(H,24,25)/b23-16-. The van der Waals surface area contributed by atoms with Crippen molar-refractivity contribution in [2.75, 3.05) is 6.61 Å². The van der Waals surface area contributed by atoms with Gasteiger partial charge >= 0.3 is 0 Å². The molecule has 0 aliphatic heterocycles. The molecular weight excluding hydrogens is 348 g/mol. The van der Waals surface area contributed by atoms with Crippen LogP contribution in [0.4, 0.5) is 0 Å². The van der Waals surface area contributed by atoms with Crippen molar-refractivity contribution in [3.05, 3.63) is 63.7 Å². The summed E-state index contributed by atoms with van der Waals surface area (Å²) in [6, 6.07) is 11.8. The highest BCUT2D eigenvalue weighted by Crippen LogP contribution is 2.25. The molecule has 0 saturated heterocycles. The number of nitrogens with one attached hydrogen (secondary N) is 1. The Morgan fingerprint density at radius 1 is 1.15 bits per heavy atom. The van der Waals surface area contributed by atoms with Gasteiger partial charge in [-0.2, -0.15) is 5.10 Å². The van der Waals surface area contributed by atoms with Crippen LogP contribution in [0.1, 0.15) is 48.9 Å². The normalized spacial score (nSPS) is 11.6. The van der Waals surface area contributed by atoms with Crippen LogP contribution in [0.2, 0.25) is 5.02 Å². The molecule has 0 bridgehead atoms. The number of halogens is 1. The number of nitrogens with zero attached hydrogens (tertiary/aromatic N) is 1. The van der Waals surface area contributed by atoms with Crippen molar-refractivity contribution in [2.24, 2.45) is 5.10 Å². The van der Waals surface area contributed by atoms with Crippen molar-refractivity contribution in [1.29, 1.82) is 0 Å². The SMILES string of the molecule is C/C(=N/NC(=O)COc1cc(C)c(Cl)c(C)c1)c1ccc(C(C)C)cc1. The van der Waals surface area contributed by atoms with E-state index in [-0.39, 0.29) is 12.5 Å². The summed E-state index contributed by atoms with van der Waals surface area (Å²) < 4.78 is 5.52. The van der Waals surface area contributed by atoms with Crippen LogP contribution in [0.15, 0.2) is 41.5 Å². The Balaban J connectivity index is 1.92. The third kappa shape index (κ3) is 5.33. The lowest BCUT2D eigenvalue weighted by Crippen LogP contribution is -2.25. The third-order valence-corrected chi connectivity index (χ3v) is 4.72. The molecule has 138 valence electrons. The lowest BCUT2D eigenvalue weighted by atomic mass is 10.0. The summed E-state index contributed by atoms with van der Waals surface area (Å²) >= 11 is 6.13. The molecule has 0 fully saturated rings.